The lowest BCUT2D eigenvalue weighted by atomic mass is 10.2. The highest BCUT2D eigenvalue weighted by atomic mass is 32.1. The number of imidazole rings is 2. The molecule has 10 rings (SSSR count). The first kappa shape index (κ1) is 24.6. The first-order valence-electron chi connectivity index (χ1n) is 14.2. The van der Waals surface area contributed by atoms with Gasteiger partial charge in [0, 0.05) is 5.39 Å². The monoisotopic (exact) mass is 618 g/mol. The quantitative estimate of drug-likeness (QED) is 0.207. The topological polar surface area (TPSA) is 127 Å². The molecule has 12 heteroatoms. The van der Waals surface area contributed by atoms with Crippen LogP contribution in [0, 0.1) is 0 Å². The molecule has 0 aliphatic carbocycles. The summed E-state index contributed by atoms with van der Waals surface area (Å²) < 4.78 is 4.12. The maximum absolute atomic E-state index is 5.16. The van der Waals surface area contributed by atoms with Gasteiger partial charge in [-0.1, -0.05) is 54.6 Å². The molecule has 10 nitrogen and oxygen atoms in total. The summed E-state index contributed by atoms with van der Waals surface area (Å²) in [5, 5.41) is 10.4. The predicted molar refractivity (Wildman–Crippen MR) is 178 cm³/mol. The zero-order chi connectivity index (χ0) is 29.5. The van der Waals surface area contributed by atoms with Crippen LogP contribution in [0.1, 0.15) is 0 Å². The van der Waals surface area contributed by atoms with Crippen molar-refractivity contribution in [2.75, 3.05) is 0 Å². The van der Waals surface area contributed by atoms with Gasteiger partial charge in [0.2, 0.25) is 5.95 Å². The molecule has 0 unspecified atom stereocenters. The first-order valence-corrected chi connectivity index (χ1v) is 15.8. The minimum Gasteiger partial charge on any atom is -0.323 e. The van der Waals surface area contributed by atoms with Crippen LogP contribution in [0.5, 0.6) is 0 Å². The summed E-state index contributed by atoms with van der Waals surface area (Å²) in [5.74, 6) is 2.13. The Bertz CT molecular complexity index is 2590. The van der Waals surface area contributed by atoms with Crippen LogP contribution in [0.25, 0.3) is 92.9 Å². The van der Waals surface area contributed by atoms with Crippen LogP contribution in [0.15, 0.2) is 97.1 Å². The lowest BCUT2D eigenvalue weighted by molar-refractivity contribution is 0.920. The van der Waals surface area contributed by atoms with Crippen molar-refractivity contribution in [3.8, 4) is 50.5 Å². The molecule has 0 saturated heterocycles. The van der Waals surface area contributed by atoms with Gasteiger partial charge in [0.15, 0.2) is 22.5 Å². The van der Waals surface area contributed by atoms with Crippen LogP contribution in [0.4, 0.5) is 0 Å². The van der Waals surface area contributed by atoms with Gasteiger partial charge in [-0.15, -0.1) is 22.7 Å². The molecule has 2 aliphatic heterocycles. The molecule has 6 heterocycles. The number of hydrogen-bond acceptors (Lipinski definition) is 9. The molecule has 0 amide bonds. The second-order valence-corrected chi connectivity index (χ2v) is 12.6. The highest BCUT2D eigenvalue weighted by Crippen LogP contribution is 2.42. The maximum Gasteiger partial charge on any atom is 0.214 e. The van der Waals surface area contributed by atoms with Crippen molar-refractivity contribution in [2.45, 2.75) is 0 Å². The summed E-state index contributed by atoms with van der Waals surface area (Å²) in [6.45, 7) is 0. The number of rotatable bonds is 4. The van der Waals surface area contributed by atoms with Crippen LogP contribution in [-0.4, -0.2) is 49.7 Å². The Morgan fingerprint density at radius 2 is 1.20 bits per heavy atom. The molecular weight excluding hydrogens is 601 g/mol. The van der Waals surface area contributed by atoms with E-state index in [9.17, 15) is 0 Å². The van der Waals surface area contributed by atoms with E-state index >= 15 is 0 Å². The molecule has 0 saturated carbocycles. The van der Waals surface area contributed by atoms with Crippen molar-refractivity contribution >= 4 is 65.0 Å². The predicted octanol–water partition coefficient (Wildman–Crippen LogP) is 7.74. The van der Waals surface area contributed by atoms with Crippen LogP contribution < -0.4 is 0 Å². The zero-order valence-electron chi connectivity index (χ0n) is 23.1. The summed E-state index contributed by atoms with van der Waals surface area (Å²) in [6.07, 6.45) is 0. The molecule has 0 fully saturated rings. The molecular formula is C33H18N10S2. The Kier molecular flexibility index (Phi) is 5.09. The number of nitrogens with zero attached hydrogens (tertiary/aromatic N) is 8. The number of thiazole rings is 2. The van der Waals surface area contributed by atoms with Gasteiger partial charge in [0.25, 0.3) is 0 Å². The highest BCUT2D eigenvalue weighted by Gasteiger charge is 2.31. The van der Waals surface area contributed by atoms with Crippen LogP contribution in [0.3, 0.4) is 0 Å². The van der Waals surface area contributed by atoms with Gasteiger partial charge in [0.05, 0.1) is 37.0 Å². The SMILES string of the molecule is c1ccc2[nH]c(-n3c(-c4n[nH]c5ccccc45)nc4nc(-c5nc6ccccc6s5)nc-4c3-c3nc4ccccc4s3)nc2c1. The summed E-state index contributed by atoms with van der Waals surface area (Å²) in [4.78, 5) is 33.7. The molecule has 0 atom stereocenters. The summed E-state index contributed by atoms with van der Waals surface area (Å²) in [6, 6.07) is 32.1. The summed E-state index contributed by atoms with van der Waals surface area (Å²) in [7, 11) is 0. The van der Waals surface area contributed by atoms with E-state index in [1.807, 2.05) is 89.5 Å². The van der Waals surface area contributed by atoms with E-state index in [2.05, 4.69) is 22.2 Å². The van der Waals surface area contributed by atoms with E-state index < -0.39 is 0 Å². The minimum atomic E-state index is 0.480. The largest absolute Gasteiger partial charge is 0.323 e. The average molecular weight is 619 g/mol. The highest BCUT2D eigenvalue weighted by molar-refractivity contribution is 7.22. The molecule has 0 radical (unpaired) electrons. The second kappa shape index (κ2) is 9.32. The second-order valence-electron chi connectivity index (χ2n) is 10.5. The standard InChI is InChI=1S/C33H18N10S2/c1-2-10-18-17(9-1)25(42-41-18)30-40-28-26(38-29(39-28)32-35-22-14-6-8-16-24(22)45-32)27(31-34-21-13-5-7-15-23(21)44-31)43(30)33-36-19-11-3-4-12-20(19)37-33/h1-16H,(H,36,37)(H,41,42). The first-order chi connectivity index (χ1) is 22.3. The lowest BCUT2D eigenvalue weighted by Gasteiger charge is -2.16. The third-order valence-electron chi connectivity index (χ3n) is 7.77. The Hall–Kier alpha value is -5.85. The summed E-state index contributed by atoms with van der Waals surface area (Å²) >= 11 is 3.15. The van der Waals surface area contributed by atoms with Crippen molar-refractivity contribution in [1.82, 2.24) is 49.7 Å². The number of aromatic nitrogens is 10. The molecule has 0 bridgehead atoms. The Morgan fingerprint density at radius 3 is 1.98 bits per heavy atom. The number of benzene rings is 4. The molecule has 4 aromatic carbocycles. The Labute approximate surface area is 261 Å². The molecule has 45 heavy (non-hydrogen) atoms. The van der Waals surface area contributed by atoms with E-state index in [1.54, 1.807) is 22.7 Å². The molecule has 0 spiro atoms. The van der Waals surface area contributed by atoms with Crippen molar-refractivity contribution in [2.24, 2.45) is 0 Å². The van der Waals surface area contributed by atoms with E-state index in [1.165, 1.54) is 0 Å². The van der Waals surface area contributed by atoms with Crippen molar-refractivity contribution in [1.29, 1.82) is 0 Å². The van der Waals surface area contributed by atoms with Gasteiger partial charge < -0.3 is 4.98 Å². The maximum atomic E-state index is 5.16. The number of H-pyrrole nitrogens is 2. The normalized spacial score (nSPS) is 12.0. The fourth-order valence-electron chi connectivity index (χ4n) is 5.71. The number of nitrogens with one attached hydrogen (secondary N) is 2. The van der Waals surface area contributed by atoms with Crippen LogP contribution >= 0.6 is 22.7 Å². The number of fused-ring (bicyclic) bond motifs is 5. The van der Waals surface area contributed by atoms with Gasteiger partial charge >= 0.3 is 0 Å². The Balaban J connectivity index is 1.35. The van der Waals surface area contributed by atoms with Gasteiger partial charge in [-0.25, -0.2) is 29.9 Å². The lowest BCUT2D eigenvalue weighted by Crippen LogP contribution is -2.12. The smallest absolute Gasteiger partial charge is 0.214 e. The Morgan fingerprint density at radius 1 is 0.533 bits per heavy atom. The minimum absolute atomic E-state index is 0.480. The van der Waals surface area contributed by atoms with Crippen molar-refractivity contribution in [3.63, 3.8) is 0 Å². The third kappa shape index (κ3) is 3.76. The van der Waals surface area contributed by atoms with Gasteiger partial charge in [-0.05, 0) is 42.5 Å². The van der Waals surface area contributed by atoms with E-state index in [0.717, 1.165) is 58.1 Å². The molecule has 2 aliphatic rings. The fraction of sp³-hybridized carbons (Fsp3) is 0. The van der Waals surface area contributed by atoms with E-state index in [0.29, 0.717) is 34.8 Å². The van der Waals surface area contributed by atoms with Gasteiger partial charge in [-0.2, -0.15) is 5.10 Å². The molecule has 4 aromatic heterocycles. The van der Waals surface area contributed by atoms with E-state index in [4.69, 9.17) is 35.0 Å². The zero-order valence-corrected chi connectivity index (χ0v) is 24.8. The van der Waals surface area contributed by atoms with Crippen molar-refractivity contribution < 1.29 is 0 Å². The number of hydrogen-bond donors (Lipinski definition) is 2. The van der Waals surface area contributed by atoms with E-state index in [-0.39, 0.29) is 0 Å². The summed E-state index contributed by atoms with van der Waals surface area (Å²) in [5.41, 5.74) is 6.43. The van der Waals surface area contributed by atoms with Crippen LogP contribution in [-0.2, 0) is 0 Å². The molecule has 2 N–H and O–H groups in total. The van der Waals surface area contributed by atoms with Crippen LogP contribution in [0.2, 0.25) is 0 Å². The van der Waals surface area contributed by atoms with Gasteiger partial charge in [-0.3, -0.25) is 9.67 Å². The molecule has 212 valence electrons. The number of aromatic amines is 2. The van der Waals surface area contributed by atoms with Gasteiger partial charge in [0.1, 0.15) is 22.1 Å². The third-order valence-corrected chi connectivity index (χ3v) is 9.84. The number of para-hydroxylation sites is 5. The fourth-order valence-corrected chi connectivity index (χ4v) is 7.61. The average Bonchev–Trinajstić information content (AvgIpc) is 3.90. The molecule has 8 aromatic rings. The van der Waals surface area contributed by atoms with Crippen molar-refractivity contribution in [3.05, 3.63) is 97.1 Å².